The van der Waals surface area contributed by atoms with Gasteiger partial charge in [0.1, 0.15) is 0 Å². The quantitative estimate of drug-likeness (QED) is 0.669. The summed E-state index contributed by atoms with van der Waals surface area (Å²) in [6, 6.07) is 6.32. The van der Waals surface area contributed by atoms with E-state index in [0.29, 0.717) is 0 Å². The van der Waals surface area contributed by atoms with Gasteiger partial charge in [-0.1, -0.05) is 48.1 Å². The number of allylic oxidation sites excluding steroid dienone is 5. The molecule has 0 saturated carbocycles. The van der Waals surface area contributed by atoms with Crippen molar-refractivity contribution in [2.24, 2.45) is 5.92 Å². The molecule has 1 nitrogen and oxygen atoms in total. The van der Waals surface area contributed by atoms with Gasteiger partial charge in [-0.05, 0) is 36.6 Å². The molecule has 0 heterocycles. The number of carbonyl (C=O) groups is 1. The lowest BCUT2D eigenvalue weighted by Gasteiger charge is -2.24. The maximum Gasteiger partial charge on any atom is 0.163 e. The van der Waals surface area contributed by atoms with Gasteiger partial charge in [-0.2, -0.15) is 0 Å². The average molecular weight is 236 g/mol. The zero-order chi connectivity index (χ0) is 12.7. The number of ketones is 1. The number of fused-ring (bicyclic) bond motifs is 3. The van der Waals surface area contributed by atoms with Gasteiger partial charge in [-0.25, -0.2) is 0 Å². The highest BCUT2D eigenvalue weighted by Gasteiger charge is 2.30. The van der Waals surface area contributed by atoms with Gasteiger partial charge in [-0.15, -0.1) is 0 Å². The topological polar surface area (TPSA) is 17.1 Å². The maximum absolute atomic E-state index is 12.2. The second kappa shape index (κ2) is 4.09. The first kappa shape index (κ1) is 11.2. The minimum absolute atomic E-state index is 0.0343. The Morgan fingerprint density at radius 1 is 1.00 bits per heavy atom. The molecule has 0 spiro atoms. The van der Waals surface area contributed by atoms with Crippen LogP contribution in [0.15, 0.2) is 48.1 Å². The summed E-state index contributed by atoms with van der Waals surface area (Å²) in [5.74, 6) is 0.357. The summed E-state index contributed by atoms with van der Waals surface area (Å²) < 4.78 is 0. The highest BCUT2D eigenvalue weighted by atomic mass is 16.1. The number of aryl methyl sites for hydroxylation is 1. The highest BCUT2D eigenvalue weighted by molar-refractivity contribution is 5.99. The van der Waals surface area contributed by atoms with Crippen molar-refractivity contribution < 1.29 is 4.79 Å². The number of carbonyl (C=O) groups excluding carboxylic acids is 1. The Balaban J connectivity index is 2.23. The molecule has 2 aliphatic rings. The molecule has 2 unspecified atom stereocenters. The summed E-state index contributed by atoms with van der Waals surface area (Å²) in [5.41, 5.74) is 4.94. The van der Waals surface area contributed by atoms with Gasteiger partial charge in [0, 0.05) is 5.92 Å². The molecule has 0 amide bonds. The monoisotopic (exact) mass is 236 g/mol. The molecular formula is C17H16O. The lowest BCUT2D eigenvalue weighted by molar-refractivity contribution is -0.117. The Labute approximate surface area is 108 Å². The number of rotatable bonds is 0. The van der Waals surface area contributed by atoms with E-state index < -0.39 is 0 Å². The van der Waals surface area contributed by atoms with E-state index in [0.717, 1.165) is 0 Å². The van der Waals surface area contributed by atoms with E-state index in [1.807, 2.05) is 18.2 Å². The van der Waals surface area contributed by atoms with Crippen LogP contribution in [0.25, 0.3) is 6.08 Å². The average Bonchev–Trinajstić information content (AvgIpc) is 2.49. The third-order valence-electron chi connectivity index (χ3n) is 3.86. The Morgan fingerprint density at radius 3 is 2.67 bits per heavy atom. The van der Waals surface area contributed by atoms with Crippen LogP contribution in [0, 0.1) is 12.8 Å². The molecular weight excluding hydrogens is 220 g/mol. The molecule has 2 atom stereocenters. The molecule has 0 aliphatic heterocycles. The molecule has 0 bridgehead atoms. The molecule has 90 valence electrons. The third kappa shape index (κ3) is 1.67. The second-order valence-electron chi connectivity index (χ2n) is 5.13. The zero-order valence-electron chi connectivity index (χ0n) is 10.7. The molecule has 1 heteroatoms. The molecule has 0 radical (unpaired) electrons. The third-order valence-corrected chi connectivity index (χ3v) is 3.86. The standard InChI is InChI=1S/C17H16O/c1-11-6-7-15-16(10-11)14-5-3-4-12(2)13(14)8-9-17(15)18/h3-10,15-16H,1-2H3. The predicted molar refractivity (Wildman–Crippen MR) is 74.3 cm³/mol. The number of hydrogen-bond donors (Lipinski definition) is 0. The Hall–Kier alpha value is -1.89. The van der Waals surface area contributed by atoms with Crippen molar-refractivity contribution in [3.8, 4) is 0 Å². The molecule has 1 aromatic rings. The van der Waals surface area contributed by atoms with Crippen molar-refractivity contribution in [1.29, 1.82) is 0 Å². The van der Waals surface area contributed by atoms with Crippen LogP contribution in [0.2, 0.25) is 0 Å². The van der Waals surface area contributed by atoms with Crippen molar-refractivity contribution in [3.05, 3.63) is 64.8 Å². The lowest BCUT2D eigenvalue weighted by Crippen LogP contribution is -2.19. The molecule has 3 rings (SSSR count). The predicted octanol–water partition coefficient (Wildman–Crippen LogP) is 3.81. The van der Waals surface area contributed by atoms with Crippen LogP contribution in [-0.2, 0) is 4.79 Å². The van der Waals surface area contributed by atoms with E-state index >= 15 is 0 Å². The number of hydrogen-bond acceptors (Lipinski definition) is 1. The minimum atomic E-state index is -0.0343. The van der Waals surface area contributed by atoms with E-state index in [2.05, 4.69) is 38.1 Å². The first-order valence-corrected chi connectivity index (χ1v) is 6.35. The first-order chi connectivity index (χ1) is 8.66. The van der Waals surface area contributed by atoms with Gasteiger partial charge in [0.2, 0.25) is 0 Å². The smallest absolute Gasteiger partial charge is 0.163 e. The van der Waals surface area contributed by atoms with E-state index in [9.17, 15) is 4.79 Å². The van der Waals surface area contributed by atoms with E-state index in [4.69, 9.17) is 0 Å². The maximum atomic E-state index is 12.2. The largest absolute Gasteiger partial charge is 0.294 e. The van der Waals surface area contributed by atoms with Crippen molar-refractivity contribution in [1.82, 2.24) is 0 Å². The van der Waals surface area contributed by atoms with E-state index in [1.54, 1.807) is 6.08 Å². The van der Waals surface area contributed by atoms with Gasteiger partial charge in [-0.3, -0.25) is 4.79 Å². The van der Waals surface area contributed by atoms with Crippen LogP contribution in [0.4, 0.5) is 0 Å². The molecule has 1 aromatic carbocycles. The van der Waals surface area contributed by atoms with Crippen LogP contribution >= 0.6 is 0 Å². The van der Waals surface area contributed by atoms with Gasteiger partial charge >= 0.3 is 0 Å². The second-order valence-corrected chi connectivity index (χ2v) is 5.13. The molecule has 0 N–H and O–H groups in total. The van der Waals surface area contributed by atoms with E-state index in [-0.39, 0.29) is 17.6 Å². The lowest BCUT2D eigenvalue weighted by atomic mass is 9.78. The summed E-state index contributed by atoms with van der Waals surface area (Å²) in [6.07, 6.45) is 10.0. The van der Waals surface area contributed by atoms with Gasteiger partial charge in [0.05, 0.1) is 5.92 Å². The Kier molecular flexibility index (Phi) is 2.55. The van der Waals surface area contributed by atoms with Crippen LogP contribution in [0.5, 0.6) is 0 Å². The Bertz CT molecular complexity index is 602. The van der Waals surface area contributed by atoms with Crippen molar-refractivity contribution >= 4 is 11.9 Å². The van der Waals surface area contributed by atoms with Crippen LogP contribution < -0.4 is 0 Å². The van der Waals surface area contributed by atoms with Gasteiger partial charge < -0.3 is 0 Å². The normalized spacial score (nSPS) is 25.2. The van der Waals surface area contributed by atoms with Crippen LogP contribution in [0.3, 0.4) is 0 Å². The van der Waals surface area contributed by atoms with Gasteiger partial charge in [0.25, 0.3) is 0 Å². The van der Waals surface area contributed by atoms with Crippen LogP contribution in [0.1, 0.15) is 29.5 Å². The fourth-order valence-electron chi connectivity index (χ4n) is 2.87. The van der Waals surface area contributed by atoms with Crippen molar-refractivity contribution in [3.63, 3.8) is 0 Å². The fraction of sp³-hybridized carbons (Fsp3) is 0.235. The molecule has 0 fully saturated rings. The first-order valence-electron chi connectivity index (χ1n) is 6.35. The molecule has 0 aromatic heterocycles. The summed E-state index contributed by atoms with van der Waals surface area (Å²) >= 11 is 0. The molecule has 18 heavy (non-hydrogen) atoms. The summed E-state index contributed by atoms with van der Waals surface area (Å²) in [5, 5.41) is 0. The van der Waals surface area contributed by atoms with Crippen LogP contribution in [-0.4, -0.2) is 5.78 Å². The molecule has 0 saturated heterocycles. The van der Waals surface area contributed by atoms with Crippen molar-refractivity contribution in [2.75, 3.05) is 0 Å². The fourth-order valence-corrected chi connectivity index (χ4v) is 2.87. The highest BCUT2D eigenvalue weighted by Crippen LogP contribution is 2.38. The summed E-state index contributed by atoms with van der Waals surface area (Å²) in [7, 11) is 0. The summed E-state index contributed by atoms with van der Waals surface area (Å²) in [4.78, 5) is 12.2. The van der Waals surface area contributed by atoms with E-state index in [1.165, 1.54) is 22.3 Å². The number of benzene rings is 1. The summed E-state index contributed by atoms with van der Waals surface area (Å²) in [6.45, 7) is 4.19. The van der Waals surface area contributed by atoms with Crippen molar-refractivity contribution in [2.45, 2.75) is 19.8 Å². The minimum Gasteiger partial charge on any atom is -0.294 e. The van der Waals surface area contributed by atoms with Gasteiger partial charge in [0.15, 0.2) is 5.78 Å². The SMILES string of the molecule is CC1=CC2c3cccc(C)c3C=CC(=O)C2C=C1. The Morgan fingerprint density at radius 2 is 1.83 bits per heavy atom. The molecule has 2 aliphatic carbocycles. The zero-order valence-corrected chi connectivity index (χ0v) is 10.7.